The van der Waals surface area contributed by atoms with E-state index in [1.54, 1.807) is 4.68 Å². The minimum atomic E-state index is 0.683. The van der Waals surface area contributed by atoms with Crippen molar-refractivity contribution >= 4 is 5.57 Å². The van der Waals surface area contributed by atoms with Gasteiger partial charge in [0.15, 0.2) is 0 Å². The van der Waals surface area contributed by atoms with Crippen molar-refractivity contribution in [2.45, 2.75) is 26.2 Å². The molecule has 1 unspecified atom stereocenters. The van der Waals surface area contributed by atoms with Crippen LogP contribution < -0.4 is 0 Å². The first-order chi connectivity index (χ1) is 10.2. The molecule has 1 aromatic carbocycles. The van der Waals surface area contributed by atoms with Crippen molar-refractivity contribution < 1.29 is 0 Å². The van der Waals surface area contributed by atoms with E-state index in [9.17, 15) is 5.26 Å². The second-order valence-electron chi connectivity index (χ2n) is 5.86. The maximum absolute atomic E-state index is 9.32. The van der Waals surface area contributed by atoms with Crippen molar-refractivity contribution in [2.24, 2.45) is 13.0 Å². The van der Waals surface area contributed by atoms with Crippen LogP contribution in [-0.4, -0.2) is 9.78 Å². The molecule has 0 saturated heterocycles. The number of rotatable bonds is 2. The lowest BCUT2D eigenvalue weighted by atomic mass is 9.86. The topological polar surface area (TPSA) is 41.6 Å². The molecular weight excluding hydrogens is 258 g/mol. The third-order valence-electron chi connectivity index (χ3n) is 4.17. The highest BCUT2D eigenvalue weighted by Gasteiger charge is 2.14. The van der Waals surface area contributed by atoms with E-state index in [4.69, 9.17) is 0 Å². The Morgan fingerprint density at radius 2 is 2.19 bits per heavy atom. The van der Waals surface area contributed by atoms with Crippen LogP contribution in [-0.2, 0) is 7.05 Å². The summed E-state index contributed by atoms with van der Waals surface area (Å²) in [5.74, 6) is 0.780. The van der Waals surface area contributed by atoms with Crippen LogP contribution in [0.5, 0.6) is 0 Å². The highest BCUT2D eigenvalue weighted by molar-refractivity contribution is 5.75. The van der Waals surface area contributed by atoms with Crippen LogP contribution in [0.15, 0.2) is 36.5 Å². The van der Waals surface area contributed by atoms with Crippen LogP contribution in [0.4, 0.5) is 0 Å². The molecule has 1 atom stereocenters. The molecule has 0 aliphatic heterocycles. The molecule has 106 valence electrons. The SMILES string of the molecule is CC1CC=C(c2ccc(C#N)c(-c3ccn(C)n3)c2)CC1. The third-order valence-corrected chi connectivity index (χ3v) is 4.17. The summed E-state index contributed by atoms with van der Waals surface area (Å²) in [6.07, 6.45) is 7.76. The second-order valence-corrected chi connectivity index (χ2v) is 5.86. The van der Waals surface area contributed by atoms with E-state index in [1.165, 1.54) is 17.6 Å². The molecule has 1 heterocycles. The fraction of sp³-hybridized carbons (Fsp3) is 0.333. The number of nitriles is 1. The van der Waals surface area contributed by atoms with Crippen molar-refractivity contribution in [2.75, 3.05) is 0 Å². The third kappa shape index (κ3) is 2.75. The van der Waals surface area contributed by atoms with Gasteiger partial charge in [-0.05, 0) is 54.5 Å². The molecule has 0 spiro atoms. The fourth-order valence-electron chi connectivity index (χ4n) is 2.84. The van der Waals surface area contributed by atoms with Crippen molar-refractivity contribution in [3.63, 3.8) is 0 Å². The first-order valence-corrected chi connectivity index (χ1v) is 7.41. The predicted molar refractivity (Wildman–Crippen MR) is 84.4 cm³/mol. The number of benzene rings is 1. The van der Waals surface area contributed by atoms with Gasteiger partial charge in [-0.15, -0.1) is 0 Å². The molecule has 1 aromatic heterocycles. The number of aromatic nitrogens is 2. The lowest BCUT2D eigenvalue weighted by Crippen LogP contribution is -2.01. The van der Waals surface area contributed by atoms with Crippen molar-refractivity contribution in [3.8, 4) is 17.3 Å². The standard InChI is InChI=1S/C18H19N3/c1-13-3-5-14(6-4-13)15-7-8-16(12-19)17(11-15)18-9-10-21(2)20-18/h5,7-11,13H,3-4,6H2,1-2H3. The van der Waals surface area contributed by atoms with Crippen LogP contribution in [0.3, 0.4) is 0 Å². The Morgan fingerprint density at radius 1 is 1.33 bits per heavy atom. The van der Waals surface area contributed by atoms with Gasteiger partial charge in [0.1, 0.15) is 0 Å². The largest absolute Gasteiger partial charge is 0.275 e. The van der Waals surface area contributed by atoms with Gasteiger partial charge in [0.2, 0.25) is 0 Å². The van der Waals surface area contributed by atoms with E-state index in [2.05, 4.69) is 36.3 Å². The molecule has 2 aromatic rings. The van der Waals surface area contributed by atoms with Crippen LogP contribution in [0.1, 0.15) is 37.3 Å². The predicted octanol–water partition coefficient (Wildman–Crippen LogP) is 4.16. The molecule has 0 fully saturated rings. The Bertz CT molecular complexity index is 731. The number of hydrogen-bond donors (Lipinski definition) is 0. The van der Waals surface area contributed by atoms with Crippen molar-refractivity contribution in [1.82, 2.24) is 9.78 Å². The number of hydrogen-bond acceptors (Lipinski definition) is 2. The van der Waals surface area contributed by atoms with Crippen LogP contribution in [0.25, 0.3) is 16.8 Å². The Balaban J connectivity index is 2.04. The Labute approximate surface area is 125 Å². The van der Waals surface area contributed by atoms with Crippen molar-refractivity contribution in [3.05, 3.63) is 47.7 Å². The summed E-state index contributed by atoms with van der Waals surface area (Å²) in [7, 11) is 1.89. The number of nitrogens with zero attached hydrogens (tertiary/aromatic N) is 3. The molecule has 0 saturated carbocycles. The van der Waals surface area contributed by atoms with E-state index in [0.29, 0.717) is 5.56 Å². The van der Waals surface area contributed by atoms with Gasteiger partial charge in [-0.1, -0.05) is 19.1 Å². The minimum absolute atomic E-state index is 0.683. The Hall–Kier alpha value is -2.34. The molecule has 3 heteroatoms. The summed E-state index contributed by atoms with van der Waals surface area (Å²) < 4.78 is 1.77. The van der Waals surface area contributed by atoms with E-state index in [0.717, 1.165) is 30.0 Å². The zero-order valence-corrected chi connectivity index (χ0v) is 12.5. The first-order valence-electron chi connectivity index (χ1n) is 7.41. The van der Waals surface area contributed by atoms with Gasteiger partial charge in [-0.2, -0.15) is 10.4 Å². The van der Waals surface area contributed by atoms with Gasteiger partial charge < -0.3 is 0 Å². The fourth-order valence-corrected chi connectivity index (χ4v) is 2.84. The zero-order valence-electron chi connectivity index (χ0n) is 12.5. The summed E-state index contributed by atoms with van der Waals surface area (Å²) in [5, 5.41) is 13.8. The summed E-state index contributed by atoms with van der Waals surface area (Å²) in [6, 6.07) is 10.3. The van der Waals surface area contributed by atoms with Gasteiger partial charge in [0.25, 0.3) is 0 Å². The maximum Gasteiger partial charge on any atom is 0.0998 e. The quantitative estimate of drug-likeness (QED) is 0.827. The van der Waals surface area contributed by atoms with E-state index < -0.39 is 0 Å². The van der Waals surface area contributed by atoms with Gasteiger partial charge in [-0.3, -0.25) is 4.68 Å². The Morgan fingerprint density at radius 3 is 2.81 bits per heavy atom. The Kier molecular flexibility index (Phi) is 3.62. The molecule has 1 aliphatic rings. The smallest absolute Gasteiger partial charge is 0.0998 e. The first kappa shape index (κ1) is 13.6. The molecule has 0 radical (unpaired) electrons. The van der Waals surface area contributed by atoms with E-state index in [1.807, 2.05) is 25.4 Å². The molecule has 0 amide bonds. The van der Waals surface area contributed by atoms with E-state index in [-0.39, 0.29) is 0 Å². The van der Waals surface area contributed by atoms with E-state index >= 15 is 0 Å². The number of allylic oxidation sites excluding steroid dienone is 2. The summed E-state index contributed by atoms with van der Waals surface area (Å²) >= 11 is 0. The highest BCUT2D eigenvalue weighted by Crippen LogP contribution is 2.32. The molecule has 21 heavy (non-hydrogen) atoms. The molecule has 3 nitrogen and oxygen atoms in total. The van der Waals surface area contributed by atoms with Gasteiger partial charge in [-0.25, -0.2) is 0 Å². The summed E-state index contributed by atoms with van der Waals surface area (Å²) in [5.41, 5.74) is 5.09. The van der Waals surface area contributed by atoms with Gasteiger partial charge in [0.05, 0.1) is 17.3 Å². The highest BCUT2D eigenvalue weighted by atomic mass is 15.2. The molecular formula is C18H19N3. The second kappa shape index (κ2) is 5.57. The molecule has 1 aliphatic carbocycles. The van der Waals surface area contributed by atoms with Crippen LogP contribution in [0, 0.1) is 17.2 Å². The zero-order chi connectivity index (χ0) is 14.8. The van der Waals surface area contributed by atoms with Crippen LogP contribution >= 0.6 is 0 Å². The van der Waals surface area contributed by atoms with Crippen molar-refractivity contribution in [1.29, 1.82) is 5.26 Å². The lowest BCUT2D eigenvalue weighted by Gasteiger charge is -2.19. The van der Waals surface area contributed by atoms with Gasteiger partial charge in [0, 0.05) is 18.8 Å². The minimum Gasteiger partial charge on any atom is -0.275 e. The molecule has 0 N–H and O–H groups in total. The average molecular weight is 277 g/mol. The maximum atomic E-state index is 9.32. The monoisotopic (exact) mass is 277 g/mol. The molecule has 0 bridgehead atoms. The lowest BCUT2D eigenvalue weighted by molar-refractivity contribution is 0.534. The molecule has 3 rings (SSSR count). The number of aryl methyl sites for hydroxylation is 1. The van der Waals surface area contributed by atoms with Gasteiger partial charge >= 0.3 is 0 Å². The normalized spacial score (nSPS) is 18.1. The average Bonchev–Trinajstić information content (AvgIpc) is 2.94. The summed E-state index contributed by atoms with van der Waals surface area (Å²) in [4.78, 5) is 0. The van der Waals surface area contributed by atoms with Crippen LogP contribution in [0.2, 0.25) is 0 Å². The summed E-state index contributed by atoms with van der Waals surface area (Å²) in [6.45, 7) is 2.30.